The van der Waals surface area contributed by atoms with Crippen LogP contribution < -0.4 is 10.6 Å². The molecule has 19 heavy (non-hydrogen) atoms. The highest BCUT2D eigenvalue weighted by Gasteiger charge is 2.42. The first-order valence-corrected chi connectivity index (χ1v) is 7.23. The van der Waals surface area contributed by atoms with Gasteiger partial charge in [0.25, 0.3) is 0 Å². The fraction of sp³-hybridized carbons (Fsp3) is 0.714. The molecule has 1 saturated carbocycles. The molecule has 104 valence electrons. The van der Waals surface area contributed by atoms with E-state index >= 15 is 0 Å². The van der Waals surface area contributed by atoms with Gasteiger partial charge in [-0.15, -0.1) is 0 Å². The minimum atomic E-state index is -0.135. The maximum absolute atomic E-state index is 10.0. The van der Waals surface area contributed by atoms with Gasteiger partial charge in [-0.05, 0) is 25.2 Å². The Hall–Kier alpha value is -1.36. The molecule has 2 aliphatic rings. The summed E-state index contributed by atoms with van der Waals surface area (Å²) in [6, 6.07) is 0. The number of aliphatic hydroxyl groups excluding tert-OH is 1. The number of nitrogens with two attached hydrogens (primary N) is 1. The number of fused-ring (bicyclic) bond motifs is 1. The fourth-order valence-electron chi connectivity index (χ4n) is 3.59. The van der Waals surface area contributed by atoms with Crippen molar-refractivity contribution in [1.82, 2.24) is 9.97 Å². The normalized spacial score (nSPS) is 29.8. The van der Waals surface area contributed by atoms with Crippen molar-refractivity contribution in [3.05, 3.63) is 11.9 Å². The predicted octanol–water partition coefficient (Wildman–Crippen LogP) is 1.22. The summed E-state index contributed by atoms with van der Waals surface area (Å²) < 4.78 is 0. The number of anilines is 2. The highest BCUT2D eigenvalue weighted by atomic mass is 16.3. The maximum Gasteiger partial charge on any atom is 0.137 e. The van der Waals surface area contributed by atoms with Gasteiger partial charge < -0.3 is 15.7 Å². The maximum atomic E-state index is 10.0. The molecule has 0 radical (unpaired) electrons. The summed E-state index contributed by atoms with van der Waals surface area (Å²) >= 11 is 0. The largest absolute Gasteiger partial charge is 0.393 e. The highest BCUT2D eigenvalue weighted by molar-refractivity contribution is 5.57. The molecule has 3 atom stereocenters. The fourth-order valence-corrected chi connectivity index (χ4v) is 3.59. The van der Waals surface area contributed by atoms with Crippen molar-refractivity contribution in [3.63, 3.8) is 0 Å². The minimum Gasteiger partial charge on any atom is -0.393 e. The van der Waals surface area contributed by atoms with Gasteiger partial charge in [0.05, 0.1) is 6.10 Å². The molecule has 3 unspecified atom stereocenters. The summed E-state index contributed by atoms with van der Waals surface area (Å²) in [6.45, 7) is 4.03. The van der Waals surface area contributed by atoms with Crippen LogP contribution in [0, 0.1) is 11.8 Å². The average molecular weight is 262 g/mol. The Morgan fingerprint density at radius 1 is 1.37 bits per heavy atom. The minimum absolute atomic E-state index is 0.135. The first-order valence-electron chi connectivity index (χ1n) is 7.23. The molecule has 5 heteroatoms. The number of nitrogen functional groups attached to an aromatic ring is 1. The zero-order valence-electron chi connectivity index (χ0n) is 11.4. The van der Waals surface area contributed by atoms with E-state index in [4.69, 9.17) is 5.73 Å². The molecule has 0 bridgehead atoms. The van der Waals surface area contributed by atoms with Gasteiger partial charge in [0, 0.05) is 24.6 Å². The van der Waals surface area contributed by atoms with Crippen LogP contribution in [0.5, 0.6) is 0 Å². The number of rotatable bonds is 3. The standard InChI is InChI=1S/C14H22N4O/c1-2-3-10-13(15)16-8-17-14(10)18-6-9-4-5-12(19)11(9)7-18/h8-9,11-12,19H,2-7H2,1H3,(H2,15,16,17). The molecule has 1 aromatic rings. The Labute approximate surface area is 113 Å². The highest BCUT2D eigenvalue weighted by Crippen LogP contribution is 2.40. The zero-order valence-corrected chi connectivity index (χ0v) is 11.4. The van der Waals surface area contributed by atoms with Crippen LogP contribution in [0.15, 0.2) is 6.33 Å². The smallest absolute Gasteiger partial charge is 0.137 e. The van der Waals surface area contributed by atoms with E-state index in [1.54, 1.807) is 6.33 Å². The number of hydrogen-bond donors (Lipinski definition) is 2. The average Bonchev–Trinajstić information content (AvgIpc) is 2.95. The number of nitrogens with zero attached hydrogens (tertiary/aromatic N) is 3. The summed E-state index contributed by atoms with van der Waals surface area (Å²) in [6.07, 6.45) is 5.45. The lowest BCUT2D eigenvalue weighted by Gasteiger charge is -2.22. The van der Waals surface area contributed by atoms with E-state index in [-0.39, 0.29) is 6.10 Å². The summed E-state index contributed by atoms with van der Waals surface area (Å²) in [7, 11) is 0. The second kappa shape index (κ2) is 4.96. The van der Waals surface area contributed by atoms with Crippen molar-refractivity contribution in [3.8, 4) is 0 Å². The van der Waals surface area contributed by atoms with Gasteiger partial charge in [-0.3, -0.25) is 0 Å². The third-order valence-corrected chi connectivity index (χ3v) is 4.57. The van der Waals surface area contributed by atoms with E-state index in [9.17, 15) is 5.11 Å². The molecule has 1 saturated heterocycles. The van der Waals surface area contributed by atoms with Crippen molar-refractivity contribution in [2.75, 3.05) is 23.7 Å². The molecule has 1 aromatic heterocycles. The van der Waals surface area contributed by atoms with Crippen LogP contribution in [-0.2, 0) is 6.42 Å². The summed E-state index contributed by atoms with van der Waals surface area (Å²) in [5.74, 6) is 2.60. The van der Waals surface area contributed by atoms with E-state index in [2.05, 4.69) is 21.8 Å². The lowest BCUT2D eigenvalue weighted by Crippen LogP contribution is -2.26. The number of aromatic nitrogens is 2. The van der Waals surface area contributed by atoms with E-state index in [0.717, 1.165) is 50.2 Å². The third kappa shape index (κ3) is 2.16. The van der Waals surface area contributed by atoms with Crippen molar-refractivity contribution in [2.24, 2.45) is 11.8 Å². The summed E-state index contributed by atoms with van der Waals surface area (Å²) in [5, 5.41) is 10.0. The SMILES string of the molecule is CCCc1c(N)ncnc1N1CC2CCC(O)C2C1. The molecule has 0 amide bonds. The number of aliphatic hydroxyl groups is 1. The van der Waals surface area contributed by atoms with Crippen LogP contribution in [0.2, 0.25) is 0 Å². The summed E-state index contributed by atoms with van der Waals surface area (Å²) in [4.78, 5) is 10.8. The van der Waals surface area contributed by atoms with Crippen LogP contribution in [0.4, 0.5) is 11.6 Å². The van der Waals surface area contributed by atoms with Crippen molar-refractivity contribution in [2.45, 2.75) is 38.7 Å². The van der Waals surface area contributed by atoms with Gasteiger partial charge in [0.2, 0.25) is 0 Å². The Bertz CT molecular complexity index is 465. The lowest BCUT2D eigenvalue weighted by atomic mass is 10.00. The zero-order chi connectivity index (χ0) is 13.4. The number of hydrogen-bond acceptors (Lipinski definition) is 5. The Morgan fingerprint density at radius 3 is 2.95 bits per heavy atom. The molecular formula is C14H22N4O. The van der Waals surface area contributed by atoms with E-state index < -0.39 is 0 Å². The molecule has 1 aliphatic carbocycles. The Kier molecular flexibility index (Phi) is 3.31. The molecule has 3 rings (SSSR count). The summed E-state index contributed by atoms with van der Waals surface area (Å²) in [5.41, 5.74) is 7.06. The van der Waals surface area contributed by atoms with Crippen LogP contribution in [0.25, 0.3) is 0 Å². The van der Waals surface area contributed by atoms with Crippen molar-refractivity contribution < 1.29 is 5.11 Å². The molecule has 1 aliphatic heterocycles. The van der Waals surface area contributed by atoms with Crippen LogP contribution >= 0.6 is 0 Å². The second-order valence-corrected chi connectivity index (χ2v) is 5.78. The van der Waals surface area contributed by atoms with Gasteiger partial charge in [-0.25, -0.2) is 9.97 Å². The first kappa shape index (κ1) is 12.7. The Morgan fingerprint density at radius 2 is 2.21 bits per heavy atom. The van der Waals surface area contributed by atoms with Gasteiger partial charge in [-0.2, -0.15) is 0 Å². The van der Waals surface area contributed by atoms with Gasteiger partial charge in [-0.1, -0.05) is 13.3 Å². The molecule has 0 spiro atoms. The lowest BCUT2D eigenvalue weighted by molar-refractivity contribution is 0.133. The van der Waals surface area contributed by atoms with Gasteiger partial charge >= 0.3 is 0 Å². The quantitative estimate of drug-likeness (QED) is 0.856. The molecule has 5 nitrogen and oxygen atoms in total. The molecule has 3 N–H and O–H groups in total. The Balaban J connectivity index is 1.85. The molecular weight excluding hydrogens is 240 g/mol. The van der Waals surface area contributed by atoms with Gasteiger partial charge in [0.1, 0.15) is 18.0 Å². The second-order valence-electron chi connectivity index (χ2n) is 5.78. The van der Waals surface area contributed by atoms with Crippen LogP contribution in [-0.4, -0.2) is 34.3 Å². The molecule has 0 aromatic carbocycles. The van der Waals surface area contributed by atoms with Crippen molar-refractivity contribution >= 4 is 11.6 Å². The van der Waals surface area contributed by atoms with E-state index in [1.165, 1.54) is 0 Å². The predicted molar refractivity (Wildman–Crippen MR) is 74.9 cm³/mol. The van der Waals surface area contributed by atoms with E-state index in [0.29, 0.717) is 17.7 Å². The molecule has 2 heterocycles. The topological polar surface area (TPSA) is 75.3 Å². The monoisotopic (exact) mass is 262 g/mol. The first-order chi connectivity index (χ1) is 9.20. The van der Waals surface area contributed by atoms with E-state index in [1.807, 2.05) is 0 Å². The van der Waals surface area contributed by atoms with Crippen molar-refractivity contribution in [1.29, 1.82) is 0 Å². The van der Waals surface area contributed by atoms with Gasteiger partial charge in [0.15, 0.2) is 0 Å². The third-order valence-electron chi connectivity index (χ3n) is 4.57. The van der Waals surface area contributed by atoms with Crippen LogP contribution in [0.1, 0.15) is 31.7 Å². The van der Waals surface area contributed by atoms with Crippen LogP contribution in [0.3, 0.4) is 0 Å². The molecule has 2 fully saturated rings.